The lowest BCUT2D eigenvalue weighted by molar-refractivity contribution is -0.123. The highest BCUT2D eigenvalue weighted by Gasteiger charge is 2.38. The smallest absolute Gasteiger partial charge is 0.279 e. The molecule has 8 heteroatoms. The quantitative estimate of drug-likeness (QED) is 0.346. The van der Waals surface area contributed by atoms with Crippen molar-refractivity contribution >= 4 is 17.5 Å². The summed E-state index contributed by atoms with van der Waals surface area (Å²) in [4.78, 5) is 40.7. The zero-order valence-corrected chi connectivity index (χ0v) is 21.6. The summed E-state index contributed by atoms with van der Waals surface area (Å²) in [5.41, 5.74) is 4.01. The van der Waals surface area contributed by atoms with E-state index in [1.807, 2.05) is 48.5 Å². The Bertz CT molecular complexity index is 1410. The Balaban J connectivity index is 1.58. The monoisotopic (exact) mass is 509 g/mol. The van der Waals surface area contributed by atoms with E-state index in [0.29, 0.717) is 17.7 Å². The highest BCUT2D eigenvalue weighted by molar-refractivity contribution is 6.09. The number of carbonyl (C=O) groups excluding carboxylic acids is 2. The standard InChI is InChI=1S/C30H31N5O3/c1-30(2,3)20-10-12-21(13-11-20)35(29(38)25-17-32-18-33-25)27(19-7-6-14-31-16-19)28(37)34-24-15-26(36)23-9-5-4-8-22(23)24/h4-14,16-18,24,26-27,36H,15H2,1-3H3,(H,32,33)(H,34,37)/t24-,26+,27?/m1/s1. The van der Waals surface area contributed by atoms with E-state index in [-0.39, 0.29) is 17.0 Å². The van der Waals surface area contributed by atoms with Crippen LogP contribution in [0.4, 0.5) is 5.69 Å². The van der Waals surface area contributed by atoms with Crippen molar-refractivity contribution in [1.29, 1.82) is 0 Å². The third-order valence-corrected chi connectivity index (χ3v) is 6.96. The van der Waals surface area contributed by atoms with Crippen LogP contribution < -0.4 is 10.2 Å². The predicted molar refractivity (Wildman–Crippen MR) is 144 cm³/mol. The number of carbonyl (C=O) groups is 2. The molecule has 0 aliphatic heterocycles. The molecule has 0 saturated heterocycles. The van der Waals surface area contributed by atoms with Gasteiger partial charge in [0.05, 0.1) is 18.5 Å². The zero-order chi connectivity index (χ0) is 26.9. The first-order valence-electron chi connectivity index (χ1n) is 12.6. The van der Waals surface area contributed by atoms with Gasteiger partial charge in [-0.15, -0.1) is 0 Å². The van der Waals surface area contributed by atoms with Gasteiger partial charge < -0.3 is 15.4 Å². The number of imidazole rings is 1. The van der Waals surface area contributed by atoms with Gasteiger partial charge in [-0.25, -0.2) is 4.98 Å². The molecule has 0 spiro atoms. The molecule has 3 N–H and O–H groups in total. The topological polar surface area (TPSA) is 111 Å². The highest BCUT2D eigenvalue weighted by atomic mass is 16.3. The molecule has 1 aliphatic carbocycles. The van der Waals surface area contributed by atoms with Gasteiger partial charge in [-0.3, -0.25) is 19.5 Å². The van der Waals surface area contributed by atoms with Gasteiger partial charge in [0.2, 0.25) is 5.91 Å². The summed E-state index contributed by atoms with van der Waals surface area (Å²) >= 11 is 0. The maximum absolute atomic E-state index is 14.1. The van der Waals surface area contributed by atoms with Crippen LogP contribution in [0.1, 0.15) is 78.1 Å². The third kappa shape index (κ3) is 4.95. The van der Waals surface area contributed by atoms with Gasteiger partial charge in [-0.1, -0.05) is 63.2 Å². The summed E-state index contributed by atoms with van der Waals surface area (Å²) in [7, 11) is 0. The summed E-state index contributed by atoms with van der Waals surface area (Å²) in [6, 6.07) is 17.3. The minimum atomic E-state index is -1.03. The number of aliphatic hydroxyl groups excluding tert-OH is 1. The molecular formula is C30H31N5O3. The van der Waals surface area contributed by atoms with Crippen LogP contribution in [0.2, 0.25) is 0 Å². The second-order valence-corrected chi connectivity index (χ2v) is 10.6. The van der Waals surface area contributed by atoms with Crippen LogP contribution in [0, 0.1) is 0 Å². The van der Waals surface area contributed by atoms with Crippen LogP contribution in [0.3, 0.4) is 0 Å². The number of nitrogens with one attached hydrogen (secondary N) is 2. The largest absolute Gasteiger partial charge is 0.388 e. The van der Waals surface area contributed by atoms with E-state index in [2.05, 4.69) is 41.0 Å². The minimum absolute atomic E-state index is 0.0770. The van der Waals surface area contributed by atoms with Gasteiger partial charge in [0, 0.05) is 36.3 Å². The Hall–Kier alpha value is -4.30. The average Bonchev–Trinajstić information content (AvgIpc) is 3.56. The van der Waals surface area contributed by atoms with Crippen LogP contribution in [-0.4, -0.2) is 31.9 Å². The Labute approximate surface area is 221 Å². The summed E-state index contributed by atoms with van der Waals surface area (Å²) in [5.74, 6) is -0.804. The fourth-order valence-electron chi connectivity index (χ4n) is 4.96. The Morgan fingerprint density at radius 2 is 1.79 bits per heavy atom. The Morgan fingerprint density at radius 1 is 1.05 bits per heavy atom. The van der Waals surface area contributed by atoms with Crippen molar-refractivity contribution in [3.05, 3.63) is 114 Å². The fraction of sp³-hybridized carbons (Fsp3) is 0.267. The third-order valence-electron chi connectivity index (χ3n) is 6.96. The van der Waals surface area contributed by atoms with Crippen LogP contribution in [0.15, 0.2) is 85.6 Å². The number of aromatic nitrogens is 3. The van der Waals surface area contributed by atoms with E-state index in [1.54, 1.807) is 24.5 Å². The van der Waals surface area contributed by atoms with Crippen molar-refractivity contribution < 1.29 is 14.7 Å². The molecule has 3 atom stereocenters. The van der Waals surface area contributed by atoms with Crippen molar-refractivity contribution in [2.75, 3.05) is 4.90 Å². The number of benzene rings is 2. The molecule has 0 fully saturated rings. The molecule has 2 amide bonds. The summed E-state index contributed by atoms with van der Waals surface area (Å²) < 4.78 is 0. The molecule has 8 nitrogen and oxygen atoms in total. The van der Waals surface area contributed by atoms with Crippen molar-refractivity contribution in [2.24, 2.45) is 0 Å². The lowest BCUT2D eigenvalue weighted by Crippen LogP contribution is -2.45. The van der Waals surface area contributed by atoms with Crippen LogP contribution in [-0.2, 0) is 10.2 Å². The van der Waals surface area contributed by atoms with E-state index in [0.717, 1.165) is 16.7 Å². The lowest BCUT2D eigenvalue weighted by atomic mass is 9.87. The lowest BCUT2D eigenvalue weighted by Gasteiger charge is -2.32. The van der Waals surface area contributed by atoms with Crippen molar-refractivity contribution in [2.45, 2.75) is 50.8 Å². The average molecular weight is 510 g/mol. The number of rotatable bonds is 6. The number of aromatic amines is 1. The van der Waals surface area contributed by atoms with Crippen molar-refractivity contribution in [3.63, 3.8) is 0 Å². The number of amides is 2. The van der Waals surface area contributed by atoms with E-state index in [9.17, 15) is 14.7 Å². The number of hydrogen-bond acceptors (Lipinski definition) is 5. The second kappa shape index (κ2) is 10.2. The van der Waals surface area contributed by atoms with E-state index < -0.39 is 24.1 Å². The molecular weight excluding hydrogens is 478 g/mol. The second-order valence-electron chi connectivity index (χ2n) is 10.6. The van der Waals surface area contributed by atoms with Crippen LogP contribution in [0.5, 0.6) is 0 Å². The van der Waals surface area contributed by atoms with Gasteiger partial charge in [0.25, 0.3) is 5.91 Å². The maximum Gasteiger partial charge on any atom is 0.279 e. The molecule has 194 valence electrons. The van der Waals surface area contributed by atoms with Crippen molar-refractivity contribution in [1.82, 2.24) is 20.3 Å². The molecule has 2 aromatic carbocycles. The molecule has 38 heavy (non-hydrogen) atoms. The van der Waals surface area contributed by atoms with Gasteiger partial charge in [0.1, 0.15) is 11.7 Å². The summed E-state index contributed by atoms with van der Waals surface area (Å²) in [6.07, 6.45) is 5.86. The van der Waals surface area contributed by atoms with E-state index in [4.69, 9.17) is 0 Å². The van der Waals surface area contributed by atoms with Gasteiger partial charge in [-0.2, -0.15) is 0 Å². The molecule has 2 heterocycles. The molecule has 2 aromatic heterocycles. The number of pyridine rings is 1. The number of H-pyrrole nitrogens is 1. The number of fused-ring (bicyclic) bond motifs is 1. The van der Waals surface area contributed by atoms with Gasteiger partial charge in [0.15, 0.2) is 0 Å². The molecule has 1 aliphatic rings. The molecule has 5 rings (SSSR count). The number of anilines is 1. The molecule has 0 saturated carbocycles. The summed E-state index contributed by atoms with van der Waals surface area (Å²) in [5, 5.41) is 13.7. The zero-order valence-electron chi connectivity index (χ0n) is 21.6. The number of aliphatic hydroxyl groups is 1. The number of hydrogen-bond donors (Lipinski definition) is 3. The molecule has 4 aromatic rings. The number of nitrogens with zero attached hydrogens (tertiary/aromatic N) is 3. The van der Waals surface area contributed by atoms with Crippen molar-refractivity contribution in [3.8, 4) is 0 Å². The normalized spacial score (nSPS) is 17.5. The Kier molecular flexibility index (Phi) is 6.82. The first-order valence-corrected chi connectivity index (χ1v) is 12.6. The fourth-order valence-corrected chi connectivity index (χ4v) is 4.96. The maximum atomic E-state index is 14.1. The molecule has 0 radical (unpaired) electrons. The van der Waals surface area contributed by atoms with Crippen LogP contribution in [0.25, 0.3) is 0 Å². The SMILES string of the molecule is CC(C)(C)c1ccc(N(C(=O)c2c[nH]cn2)C(C(=O)N[C@@H]2C[C@H](O)c3ccccc32)c2cccnc2)cc1. The van der Waals surface area contributed by atoms with Gasteiger partial charge in [-0.05, 0) is 40.3 Å². The first kappa shape index (κ1) is 25.4. The minimum Gasteiger partial charge on any atom is -0.388 e. The van der Waals surface area contributed by atoms with E-state index in [1.165, 1.54) is 17.4 Å². The first-order chi connectivity index (χ1) is 18.2. The van der Waals surface area contributed by atoms with Gasteiger partial charge >= 0.3 is 0 Å². The summed E-state index contributed by atoms with van der Waals surface area (Å²) in [6.45, 7) is 6.36. The van der Waals surface area contributed by atoms with E-state index >= 15 is 0 Å². The Morgan fingerprint density at radius 3 is 2.42 bits per heavy atom. The highest BCUT2D eigenvalue weighted by Crippen LogP contribution is 2.39. The predicted octanol–water partition coefficient (Wildman–Crippen LogP) is 4.78. The van der Waals surface area contributed by atoms with Crippen LogP contribution >= 0.6 is 0 Å². The molecule has 1 unspecified atom stereocenters. The molecule has 0 bridgehead atoms.